The van der Waals surface area contributed by atoms with Crippen LogP contribution in [-0.4, -0.2) is 30.9 Å². The minimum absolute atomic E-state index is 0.137. The molecule has 22 heavy (non-hydrogen) atoms. The summed E-state index contributed by atoms with van der Waals surface area (Å²) < 4.78 is 30.9. The molecule has 120 valence electrons. The summed E-state index contributed by atoms with van der Waals surface area (Å²) >= 11 is 6.07. The summed E-state index contributed by atoms with van der Waals surface area (Å²) in [6.45, 7) is 2.18. The molecule has 0 radical (unpaired) electrons. The van der Waals surface area contributed by atoms with E-state index in [0.717, 1.165) is 6.42 Å². The maximum atomic E-state index is 11.7. The van der Waals surface area contributed by atoms with Crippen LogP contribution in [0.4, 0.5) is 0 Å². The number of rotatable bonds is 8. The first-order valence-electron chi connectivity index (χ1n) is 7.06. The van der Waals surface area contributed by atoms with Gasteiger partial charge in [-0.1, -0.05) is 42.2 Å². The zero-order valence-electron chi connectivity index (χ0n) is 12.3. The third-order valence-electron chi connectivity index (χ3n) is 3.01. The smallest absolute Gasteiger partial charge is 0.228 e. The molecule has 0 atom stereocenters. The lowest BCUT2D eigenvalue weighted by Gasteiger charge is -2.03. The number of sulfonamides is 1. The van der Waals surface area contributed by atoms with E-state index >= 15 is 0 Å². The minimum atomic E-state index is -3.23. The Kier molecular flexibility index (Phi) is 5.93. The molecule has 0 aliphatic rings. The van der Waals surface area contributed by atoms with E-state index in [1.54, 1.807) is 12.1 Å². The van der Waals surface area contributed by atoms with E-state index in [1.807, 2.05) is 19.1 Å². The van der Waals surface area contributed by atoms with Gasteiger partial charge in [-0.2, -0.15) is 4.98 Å². The van der Waals surface area contributed by atoms with Crippen LogP contribution < -0.4 is 4.72 Å². The van der Waals surface area contributed by atoms with Crippen molar-refractivity contribution in [1.82, 2.24) is 14.9 Å². The molecule has 8 heteroatoms. The second-order valence-corrected chi connectivity index (χ2v) is 7.14. The Hall–Kier alpha value is -1.44. The summed E-state index contributed by atoms with van der Waals surface area (Å²) in [6.07, 6.45) is 1.82. The molecule has 0 aliphatic carbocycles. The van der Waals surface area contributed by atoms with Gasteiger partial charge in [0, 0.05) is 18.5 Å². The number of halogens is 1. The molecule has 1 N–H and O–H groups in total. The van der Waals surface area contributed by atoms with Crippen molar-refractivity contribution < 1.29 is 12.9 Å². The molecule has 0 saturated carbocycles. The number of nitrogens with zero attached hydrogens (tertiary/aromatic N) is 2. The molecule has 2 aromatic rings. The Bertz CT molecular complexity index is 716. The van der Waals surface area contributed by atoms with Crippen molar-refractivity contribution in [2.75, 3.05) is 12.3 Å². The van der Waals surface area contributed by atoms with Crippen LogP contribution in [0.2, 0.25) is 5.02 Å². The second kappa shape index (κ2) is 7.71. The van der Waals surface area contributed by atoms with Gasteiger partial charge in [-0.3, -0.25) is 0 Å². The average molecular weight is 344 g/mol. The zero-order valence-corrected chi connectivity index (χ0v) is 13.8. The maximum Gasteiger partial charge on any atom is 0.228 e. The molecule has 0 spiro atoms. The number of aromatic nitrogens is 2. The van der Waals surface area contributed by atoms with Gasteiger partial charge in [-0.25, -0.2) is 13.1 Å². The molecular formula is C14H18ClN3O3S. The van der Waals surface area contributed by atoms with Crippen molar-refractivity contribution in [3.05, 3.63) is 35.2 Å². The number of hydrogen-bond acceptors (Lipinski definition) is 5. The van der Waals surface area contributed by atoms with Crippen LogP contribution in [0.5, 0.6) is 0 Å². The van der Waals surface area contributed by atoms with Gasteiger partial charge in [-0.05, 0) is 18.6 Å². The highest BCUT2D eigenvalue weighted by Crippen LogP contribution is 2.24. The zero-order chi connectivity index (χ0) is 16.0. The Balaban J connectivity index is 1.92. The van der Waals surface area contributed by atoms with E-state index in [4.69, 9.17) is 16.1 Å². The summed E-state index contributed by atoms with van der Waals surface area (Å²) in [6, 6.07) is 7.19. The van der Waals surface area contributed by atoms with Gasteiger partial charge in [0.25, 0.3) is 0 Å². The standard InChI is InChI=1S/C14H18ClN3O3S/c1-2-3-10-22(19,20)16-9-8-13-17-14(18-21-13)11-6-4-5-7-12(11)15/h4-7,16H,2-3,8-10H2,1H3. The van der Waals surface area contributed by atoms with Crippen LogP contribution in [0.3, 0.4) is 0 Å². The molecule has 0 bridgehead atoms. The summed E-state index contributed by atoms with van der Waals surface area (Å²) in [7, 11) is -3.23. The first-order valence-corrected chi connectivity index (χ1v) is 9.09. The lowest BCUT2D eigenvalue weighted by molar-refractivity contribution is 0.379. The van der Waals surface area contributed by atoms with Crippen LogP contribution in [0.1, 0.15) is 25.7 Å². The Morgan fingerprint density at radius 2 is 2.09 bits per heavy atom. The predicted molar refractivity (Wildman–Crippen MR) is 85.1 cm³/mol. The summed E-state index contributed by atoms with van der Waals surface area (Å²) in [5, 5.41) is 4.40. The van der Waals surface area contributed by atoms with Crippen molar-refractivity contribution in [3.63, 3.8) is 0 Å². The van der Waals surface area contributed by atoms with E-state index in [2.05, 4.69) is 14.9 Å². The summed E-state index contributed by atoms with van der Waals surface area (Å²) in [4.78, 5) is 4.23. The highest BCUT2D eigenvalue weighted by molar-refractivity contribution is 7.89. The van der Waals surface area contributed by atoms with E-state index in [-0.39, 0.29) is 12.3 Å². The molecule has 1 aromatic carbocycles. The largest absolute Gasteiger partial charge is 0.339 e. The fourth-order valence-corrected chi connectivity index (χ4v) is 3.27. The third kappa shape index (κ3) is 4.79. The van der Waals surface area contributed by atoms with Gasteiger partial charge in [0.1, 0.15) is 0 Å². The van der Waals surface area contributed by atoms with E-state index < -0.39 is 10.0 Å². The molecule has 2 rings (SSSR count). The molecule has 0 unspecified atom stereocenters. The van der Waals surface area contributed by atoms with Crippen molar-refractivity contribution in [1.29, 1.82) is 0 Å². The molecule has 1 heterocycles. The normalized spacial score (nSPS) is 11.7. The Morgan fingerprint density at radius 1 is 1.32 bits per heavy atom. The topological polar surface area (TPSA) is 85.1 Å². The third-order valence-corrected chi connectivity index (χ3v) is 4.81. The number of unbranched alkanes of at least 4 members (excludes halogenated alkanes) is 1. The van der Waals surface area contributed by atoms with Crippen LogP contribution in [0, 0.1) is 0 Å². The van der Waals surface area contributed by atoms with Gasteiger partial charge in [0.2, 0.25) is 21.7 Å². The molecule has 1 aromatic heterocycles. The quantitative estimate of drug-likeness (QED) is 0.796. The van der Waals surface area contributed by atoms with Crippen molar-refractivity contribution in [2.24, 2.45) is 0 Å². The van der Waals surface area contributed by atoms with Crippen LogP contribution in [0.25, 0.3) is 11.4 Å². The number of hydrogen-bond donors (Lipinski definition) is 1. The average Bonchev–Trinajstić information content (AvgIpc) is 2.94. The lowest BCUT2D eigenvalue weighted by Crippen LogP contribution is -2.28. The van der Waals surface area contributed by atoms with Crippen molar-refractivity contribution >= 4 is 21.6 Å². The van der Waals surface area contributed by atoms with Gasteiger partial charge in [0.15, 0.2) is 0 Å². The minimum Gasteiger partial charge on any atom is -0.339 e. The van der Waals surface area contributed by atoms with Crippen LogP contribution >= 0.6 is 11.6 Å². The number of benzene rings is 1. The molecule has 0 amide bonds. The fourth-order valence-electron chi connectivity index (χ4n) is 1.83. The predicted octanol–water partition coefficient (Wildman–Crippen LogP) is 2.65. The van der Waals surface area contributed by atoms with E-state index in [9.17, 15) is 8.42 Å². The van der Waals surface area contributed by atoms with Crippen LogP contribution in [-0.2, 0) is 16.4 Å². The van der Waals surface area contributed by atoms with Gasteiger partial charge in [-0.15, -0.1) is 0 Å². The summed E-state index contributed by atoms with van der Waals surface area (Å²) in [5.74, 6) is 0.903. The number of nitrogens with one attached hydrogen (secondary N) is 1. The Morgan fingerprint density at radius 3 is 2.82 bits per heavy atom. The van der Waals surface area contributed by atoms with Crippen LogP contribution in [0.15, 0.2) is 28.8 Å². The first-order chi connectivity index (χ1) is 10.5. The molecule has 0 aliphatic heterocycles. The van der Waals surface area contributed by atoms with Crippen molar-refractivity contribution in [2.45, 2.75) is 26.2 Å². The van der Waals surface area contributed by atoms with E-state index in [1.165, 1.54) is 0 Å². The lowest BCUT2D eigenvalue weighted by atomic mass is 10.2. The SMILES string of the molecule is CCCCS(=O)(=O)NCCc1nc(-c2ccccc2Cl)no1. The summed E-state index contributed by atoms with van der Waals surface area (Å²) in [5.41, 5.74) is 0.683. The van der Waals surface area contributed by atoms with Gasteiger partial charge < -0.3 is 4.52 Å². The van der Waals surface area contributed by atoms with Gasteiger partial charge >= 0.3 is 0 Å². The van der Waals surface area contributed by atoms with Gasteiger partial charge in [0.05, 0.1) is 10.8 Å². The first kappa shape index (κ1) is 16.9. The molecule has 0 fully saturated rings. The highest BCUT2D eigenvalue weighted by atomic mass is 35.5. The molecular weight excluding hydrogens is 326 g/mol. The Labute approximate surface area is 134 Å². The van der Waals surface area contributed by atoms with E-state index in [0.29, 0.717) is 35.1 Å². The maximum absolute atomic E-state index is 11.7. The fraction of sp³-hybridized carbons (Fsp3) is 0.429. The molecule has 0 saturated heterocycles. The monoisotopic (exact) mass is 343 g/mol. The second-order valence-electron chi connectivity index (χ2n) is 4.81. The molecule has 6 nitrogen and oxygen atoms in total. The highest BCUT2D eigenvalue weighted by Gasteiger charge is 2.13. The van der Waals surface area contributed by atoms with Crippen molar-refractivity contribution in [3.8, 4) is 11.4 Å².